The SMILES string of the molecule is c1ccc(-c2cccc(-c3nc(-c4cc(-c5ccccc5)c5c(c4)sc4ccccc45)nc(-c4ccc5c(c4)c4ccccc4n5-c4ccccc4)n3)c2)cc1. The fraction of sp³-hybridized carbons (Fsp3) is 0. The van der Waals surface area contributed by atoms with Crippen molar-refractivity contribution in [3.05, 3.63) is 194 Å². The molecule has 262 valence electrons. The van der Waals surface area contributed by atoms with Gasteiger partial charge >= 0.3 is 0 Å². The molecule has 11 rings (SSSR count). The van der Waals surface area contributed by atoms with Crippen molar-refractivity contribution in [2.75, 3.05) is 0 Å². The van der Waals surface area contributed by atoms with Crippen LogP contribution in [0.25, 0.3) is 104 Å². The maximum absolute atomic E-state index is 5.30. The summed E-state index contributed by atoms with van der Waals surface area (Å²) in [4.78, 5) is 15.8. The van der Waals surface area contributed by atoms with Crippen molar-refractivity contribution in [2.24, 2.45) is 0 Å². The van der Waals surface area contributed by atoms with Crippen LogP contribution in [-0.4, -0.2) is 19.5 Å². The van der Waals surface area contributed by atoms with E-state index in [2.05, 4.69) is 193 Å². The number of nitrogens with zero attached hydrogens (tertiary/aromatic N) is 4. The fourth-order valence-corrected chi connectivity index (χ4v) is 9.20. The van der Waals surface area contributed by atoms with Gasteiger partial charge in [-0.05, 0) is 82.9 Å². The second-order valence-corrected chi connectivity index (χ2v) is 15.1. The highest BCUT2D eigenvalue weighted by Crippen LogP contribution is 2.43. The molecule has 0 spiro atoms. The molecule has 0 aliphatic carbocycles. The highest BCUT2D eigenvalue weighted by molar-refractivity contribution is 7.26. The fourth-order valence-electron chi connectivity index (χ4n) is 8.03. The first-order valence-electron chi connectivity index (χ1n) is 18.8. The highest BCUT2D eigenvalue weighted by atomic mass is 32.1. The number of hydrogen-bond donors (Lipinski definition) is 0. The minimum atomic E-state index is 0.631. The molecular weight excluding hydrogens is 701 g/mol. The molecule has 0 radical (unpaired) electrons. The zero-order valence-corrected chi connectivity index (χ0v) is 31.0. The maximum atomic E-state index is 5.30. The van der Waals surface area contributed by atoms with Crippen molar-refractivity contribution in [2.45, 2.75) is 0 Å². The van der Waals surface area contributed by atoms with Crippen molar-refractivity contribution < 1.29 is 0 Å². The summed E-state index contributed by atoms with van der Waals surface area (Å²) in [5.41, 5.74) is 10.8. The molecule has 0 aliphatic rings. The molecule has 3 aromatic heterocycles. The van der Waals surface area contributed by atoms with Gasteiger partial charge in [0.15, 0.2) is 17.5 Å². The van der Waals surface area contributed by atoms with Gasteiger partial charge in [-0.15, -0.1) is 11.3 Å². The van der Waals surface area contributed by atoms with Crippen molar-refractivity contribution >= 4 is 53.3 Å². The van der Waals surface area contributed by atoms with Crippen LogP contribution < -0.4 is 0 Å². The molecule has 4 nitrogen and oxygen atoms in total. The summed E-state index contributed by atoms with van der Waals surface area (Å²) in [5, 5.41) is 4.84. The molecule has 0 saturated heterocycles. The summed E-state index contributed by atoms with van der Waals surface area (Å²) >= 11 is 1.81. The molecule has 0 saturated carbocycles. The predicted octanol–water partition coefficient (Wildman–Crippen LogP) is 13.7. The summed E-state index contributed by atoms with van der Waals surface area (Å²) in [5.74, 6) is 1.90. The van der Waals surface area contributed by atoms with Gasteiger partial charge in [0.05, 0.1) is 11.0 Å². The Hall–Kier alpha value is -7.21. The molecule has 0 N–H and O–H groups in total. The van der Waals surface area contributed by atoms with E-state index in [0.717, 1.165) is 55.5 Å². The highest BCUT2D eigenvalue weighted by Gasteiger charge is 2.19. The molecular formula is C51H32N4S. The average molecular weight is 733 g/mol. The van der Waals surface area contributed by atoms with Crippen molar-refractivity contribution in [1.82, 2.24) is 19.5 Å². The third-order valence-corrected chi connectivity index (χ3v) is 11.7. The minimum absolute atomic E-state index is 0.631. The van der Waals surface area contributed by atoms with Gasteiger partial charge in [-0.1, -0.05) is 133 Å². The van der Waals surface area contributed by atoms with E-state index in [1.165, 1.54) is 31.1 Å². The molecule has 0 aliphatic heterocycles. The summed E-state index contributed by atoms with van der Waals surface area (Å²) in [6, 6.07) is 68.5. The van der Waals surface area contributed by atoms with Crippen LogP contribution in [0.5, 0.6) is 0 Å². The van der Waals surface area contributed by atoms with Gasteiger partial charge < -0.3 is 4.57 Å². The lowest BCUT2D eigenvalue weighted by Crippen LogP contribution is -2.01. The van der Waals surface area contributed by atoms with E-state index in [1.54, 1.807) is 0 Å². The third kappa shape index (κ3) is 5.48. The number of thiophene rings is 1. The van der Waals surface area contributed by atoms with Crippen molar-refractivity contribution in [1.29, 1.82) is 0 Å². The van der Waals surface area contributed by atoms with Gasteiger partial charge in [0, 0.05) is 53.3 Å². The number of benzene rings is 8. The quantitative estimate of drug-likeness (QED) is 0.171. The standard InChI is InChI=1S/C51H32N4S/c1-4-15-33(16-5-1)35-19-14-20-36(29-35)49-52-50(37-27-28-45-43(30-37)40-23-10-12-25-44(40)55(45)39-21-8-3-9-22-39)54-51(53-49)38-31-42(34-17-6-2-7-18-34)48-41-24-11-13-26-46(41)56-47(48)32-38/h1-32H. The summed E-state index contributed by atoms with van der Waals surface area (Å²) in [6.07, 6.45) is 0. The Labute approximate surface area is 327 Å². The lowest BCUT2D eigenvalue weighted by atomic mass is 9.97. The van der Waals surface area contributed by atoms with Gasteiger partial charge in [-0.2, -0.15) is 0 Å². The van der Waals surface area contributed by atoms with Gasteiger partial charge in [-0.25, -0.2) is 15.0 Å². The number of rotatable bonds is 6. The number of fused-ring (bicyclic) bond motifs is 6. The lowest BCUT2D eigenvalue weighted by molar-refractivity contribution is 1.08. The molecule has 5 heteroatoms. The second-order valence-electron chi connectivity index (χ2n) is 14.0. The average Bonchev–Trinajstić information content (AvgIpc) is 3.82. The van der Waals surface area contributed by atoms with E-state index in [-0.39, 0.29) is 0 Å². The lowest BCUT2D eigenvalue weighted by Gasteiger charge is -2.12. The zero-order chi connectivity index (χ0) is 37.0. The van der Waals surface area contributed by atoms with Crippen molar-refractivity contribution in [3.63, 3.8) is 0 Å². The van der Waals surface area contributed by atoms with E-state index >= 15 is 0 Å². The Balaban J connectivity index is 1.15. The van der Waals surface area contributed by atoms with E-state index in [0.29, 0.717) is 17.5 Å². The summed E-state index contributed by atoms with van der Waals surface area (Å²) < 4.78 is 4.79. The first-order chi connectivity index (χ1) is 27.7. The Morgan fingerprint density at radius 3 is 1.68 bits per heavy atom. The molecule has 0 fully saturated rings. The second kappa shape index (κ2) is 13.3. The Morgan fingerprint density at radius 1 is 0.339 bits per heavy atom. The molecule has 3 heterocycles. The monoisotopic (exact) mass is 732 g/mol. The topological polar surface area (TPSA) is 43.6 Å². The van der Waals surface area contributed by atoms with Gasteiger partial charge in [0.1, 0.15) is 0 Å². The Kier molecular flexibility index (Phi) is 7.64. The first-order valence-corrected chi connectivity index (χ1v) is 19.6. The van der Waals surface area contributed by atoms with E-state index in [1.807, 2.05) is 17.4 Å². The largest absolute Gasteiger partial charge is 0.309 e. The van der Waals surface area contributed by atoms with Crippen LogP contribution in [0.2, 0.25) is 0 Å². The number of para-hydroxylation sites is 2. The first kappa shape index (κ1) is 32.2. The van der Waals surface area contributed by atoms with Gasteiger partial charge in [0.25, 0.3) is 0 Å². The van der Waals surface area contributed by atoms with Crippen LogP contribution in [0.4, 0.5) is 0 Å². The molecule has 11 aromatic rings. The van der Waals surface area contributed by atoms with Crippen LogP contribution in [0.15, 0.2) is 194 Å². The molecule has 0 atom stereocenters. The van der Waals surface area contributed by atoms with Crippen LogP contribution in [-0.2, 0) is 0 Å². The maximum Gasteiger partial charge on any atom is 0.164 e. The molecule has 0 amide bonds. The number of hydrogen-bond acceptors (Lipinski definition) is 4. The molecule has 56 heavy (non-hydrogen) atoms. The van der Waals surface area contributed by atoms with Gasteiger partial charge in [-0.3, -0.25) is 0 Å². The van der Waals surface area contributed by atoms with E-state index in [9.17, 15) is 0 Å². The third-order valence-electron chi connectivity index (χ3n) is 10.6. The minimum Gasteiger partial charge on any atom is -0.309 e. The zero-order valence-electron chi connectivity index (χ0n) is 30.2. The smallest absolute Gasteiger partial charge is 0.164 e. The Morgan fingerprint density at radius 2 is 0.911 bits per heavy atom. The molecule has 0 bridgehead atoms. The predicted molar refractivity (Wildman–Crippen MR) is 234 cm³/mol. The molecule has 0 unspecified atom stereocenters. The number of aromatic nitrogens is 4. The Bertz CT molecular complexity index is 3240. The van der Waals surface area contributed by atoms with Crippen molar-refractivity contribution in [3.8, 4) is 62.1 Å². The summed E-state index contributed by atoms with van der Waals surface area (Å²) in [6.45, 7) is 0. The normalized spacial score (nSPS) is 11.6. The van der Waals surface area contributed by atoms with Gasteiger partial charge in [0.2, 0.25) is 0 Å². The van der Waals surface area contributed by atoms with Crippen LogP contribution in [0.1, 0.15) is 0 Å². The van der Waals surface area contributed by atoms with E-state index < -0.39 is 0 Å². The van der Waals surface area contributed by atoms with Crippen LogP contribution in [0.3, 0.4) is 0 Å². The van der Waals surface area contributed by atoms with Crippen LogP contribution in [0, 0.1) is 0 Å². The summed E-state index contributed by atoms with van der Waals surface area (Å²) in [7, 11) is 0. The molecule has 8 aromatic carbocycles. The van der Waals surface area contributed by atoms with Crippen LogP contribution >= 0.6 is 11.3 Å². The van der Waals surface area contributed by atoms with E-state index in [4.69, 9.17) is 15.0 Å².